The fourth-order valence-electron chi connectivity index (χ4n) is 11.1. The maximum Gasteiger partial charge on any atom is 0.472 e. The number of esters is 2. The number of hydrogen-bond acceptors (Lipinski definition) is 7. The highest BCUT2D eigenvalue weighted by Crippen LogP contribution is 2.43. The molecule has 1 N–H and O–H groups in total. The van der Waals surface area contributed by atoms with Crippen LogP contribution in [-0.2, 0) is 32.7 Å². The highest BCUT2D eigenvalue weighted by Gasteiger charge is 2.27. The fraction of sp³-hybridized carbons (Fsp3) is 0.800. The van der Waals surface area contributed by atoms with E-state index in [1.807, 2.05) is 21.1 Å². The van der Waals surface area contributed by atoms with E-state index in [0.717, 1.165) is 83.5 Å². The number of phosphoric acid groups is 1. The Morgan fingerprint density at radius 3 is 0.956 bits per heavy atom. The molecule has 10 heteroatoms. The summed E-state index contributed by atoms with van der Waals surface area (Å²) in [6, 6.07) is 0. The van der Waals surface area contributed by atoms with Crippen LogP contribution in [0.2, 0.25) is 0 Å². The number of hydrogen-bond donors (Lipinski definition) is 1. The van der Waals surface area contributed by atoms with E-state index in [-0.39, 0.29) is 32.0 Å². The Bertz CT molecular complexity index is 1800. The normalized spacial score (nSPS) is 13.5. The number of likely N-dealkylation sites (N-methyl/N-ethyl adjacent to an activating group) is 1. The molecule has 0 rings (SSSR count). The first-order chi connectivity index (χ1) is 44.0. The third-order valence-electron chi connectivity index (χ3n) is 16.9. The van der Waals surface area contributed by atoms with Crippen LogP contribution in [0, 0.1) is 0 Å². The van der Waals surface area contributed by atoms with E-state index in [2.05, 4.69) is 98.9 Å². The molecule has 0 aliphatic carbocycles. The smallest absolute Gasteiger partial charge is 0.462 e. The van der Waals surface area contributed by atoms with Gasteiger partial charge in [-0.05, 0) is 89.9 Å². The van der Waals surface area contributed by atoms with Gasteiger partial charge >= 0.3 is 19.8 Å². The van der Waals surface area contributed by atoms with Gasteiger partial charge in [-0.15, -0.1) is 0 Å². The second kappa shape index (κ2) is 70.5. The van der Waals surface area contributed by atoms with E-state index in [1.54, 1.807) is 0 Å². The number of ether oxygens (including phenoxy) is 2. The van der Waals surface area contributed by atoms with Gasteiger partial charge in [-0.3, -0.25) is 18.6 Å². The second-order valence-electron chi connectivity index (χ2n) is 27.0. The number of allylic oxidation sites excluding steroid dienone is 14. The van der Waals surface area contributed by atoms with E-state index < -0.39 is 26.5 Å². The molecule has 0 aromatic heterocycles. The van der Waals surface area contributed by atoms with Crippen molar-refractivity contribution in [3.8, 4) is 0 Å². The van der Waals surface area contributed by atoms with Crippen molar-refractivity contribution < 1.29 is 42.1 Å². The van der Waals surface area contributed by atoms with Crippen LogP contribution in [0.15, 0.2) is 85.1 Å². The van der Waals surface area contributed by atoms with Crippen LogP contribution in [0.4, 0.5) is 0 Å². The van der Waals surface area contributed by atoms with Gasteiger partial charge in [-0.2, -0.15) is 0 Å². The molecule has 0 aromatic carbocycles. The molecule has 90 heavy (non-hydrogen) atoms. The van der Waals surface area contributed by atoms with Crippen LogP contribution < -0.4 is 0 Å². The number of phosphoric ester groups is 1. The number of unbranched alkanes of at least 4 members (excludes halogenated alkanes) is 43. The summed E-state index contributed by atoms with van der Waals surface area (Å²) >= 11 is 0. The van der Waals surface area contributed by atoms with Gasteiger partial charge in [-0.1, -0.05) is 343 Å². The van der Waals surface area contributed by atoms with Crippen molar-refractivity contribution in [1.82, 2.24) is 0 Å². The van der Waals surface area contributed by atoms with Crippen LogP contribution in [0.3, 0.4) is 0 Å². The minimum atomic E-state index is -4.40. The average molecular weight is 1280 g/mol. The molecule has 0 bridgehead atoms. The molecule has 0 amide bonds. The molecule has 0 aliphatic rings. The zero-order valence-corrected chi connectivity index (χ0v) is 60.8. The highest BCUT2D eigenvalue weighted by molar-refractivity contribution is 7.47. The zero-order chi connectivity index (χ0) is 65.5. The summed E-state index contributed by atoms with van der Waals surface area (Å²) < 4.78 is 34.8. The van der Waals surface area contributed by atoms with Crippen molar-refractivity contribution in [3.63, 3.8) is 0 Å². The predicted molar refractivity (Wildman–Crippen MR) is 390 cm³/mol. The molecule has 9 nitrogen and oxygen atoms in total. The van der Waals surface area contributed by atoms with E-state index in [4.69, 9.17) is 18.5 Å². The number of nitrogens with zero attached hydrogens (tertiary/aromatic N) is 1. The Kier molecular flexibility index (Phi) is 68.3. The average Bonchev–Trinajstić information content (AvgIpc) is 3.58. The molecular formula is C80H147NO8P+. The van der Waals surface area contributed by atoms with Crippen molar-refractivity contribution in [2.45, 2.75) is 367 Å². The standard InChI is InChI=1S/C80H146NO8P/c1-6-8-10-12-14-16-18-20-22-24-26-28-30-32-34-36-37-38-39-40-41-42-43-45-46-48-50-52-54-56-58-60-62-64-66-68-70-72-79(82)86-76-78(77-88-90(84,85)87-75-74-81(3,4)5)89-80(83)73-71-69-67-65-63-61-59-57-55-53-51-49-47-44-35-33-31-29-27-25-23-21-19-17-15-13-11-9-7-2/h9,11,15,17,21,23-24,26-27,29,33,35,47,49,78H,6-8,10,12-14,16,18-20,22,25,28,30-32,34,36-46,48,50-77H2,1-5H3/p+1/b11-9-,17-15-,23-21-,26-24-,29-27-,35-33-,49-47-. The van der Waals surface area contributed by atoms with Gasteiger partial charge in [0.1, 0.15) is 19.8 Å². The SMILES string of the molecule is CC/C=C\C/C=C\C/C=C\C/C=C\C/C=C\C/C=C\CCCCCCCCCCCCC(=O)OC(COC(=O)CCCCCCCCCCCCCCCCCCCCCCCCCCC/C=C\CCCCCCCCCC)COP(=O)(O)OCC[N+](C)(C)C. The van der Waals surface area contributed by atoms with Crippen LogP contribution in [0.1, 0.15) is 361 Å². The summed E-state index contributed by atoms with van der Waals surface area (Å²) in [6.45, 7) is 4.36. The minimum absolute atomic E-state index is 0.0293. The zero-order valence-electron chi connectivity index (χ0n) is 59.9. The number of carbonyl (C=O) groups is 2. The van der Waals surface area contributed by atoms with Crippen molar-refractivity contribution in [1.29, 1.82) is 0 Å². The Balaban J connectivity index is 3.96. The molecule has 0 fully saturated rings. The molecule has 2 atom stereocenters. The van der Waals surface area contributed by atoms with Crippen molar-refractivity contribution in [2.24, 2.45) is 0 Å². The first kappa shape index (κ1) is 87.2. The number of carbonyl (C=O) groups excluding carboxylic acids is 2. The molecule has 0 radical (unpaired) electrons. The topological polar surface area (TPSA) is 108 Å². The van der Waals surface area contributed by atoms with Gasteiger partial charge in [0.05, 0.1) is 27.7 Å². The lowest BCUT2D eigenvalue weighted by atomic mass is 10.0. The third-order valence-corrected chi connectivity index (χ3v) is 17.9. The van der Waals surface area contributed by atoms with E-state index in [0.29, 0.717) is 17.4 Å². The Labute approximate surface area is 558 Å². The Morgan fingerprint density at radius 1 is 0.356 bits per heavy atom. The molecular weight excluding hydrogens is 1130 g/mol. The maximum atomic E-state index is 12.9. The Morgan fingerprint density at radius 2 is 0.633 bits per heavy atom. The van der Waals surface area contributed by atoms with Crippen molar-refractivity contribution in [2.75, 3.05) is 47.5 Å². The molecule has 0 saturated heterocycles. The molecule has 0 spiro atoms. The lowest BCUT2D eigenvalue weighted by Crippen LogP contribution is -2.37. The largest absolute Gasteiger partial charge is 0.472 e. The van der Waals surface area contributed by atoms with Crippen molar-refractivity contribution in [3.05, 3.63) is 85.1 Å². The monoisotopic (exact) mass is 1280 g/mol. The predicted octanol–water partition coefficient (Wildman–Crippen LogP) is 25.3. The molecule has 0 heterocycles. The van der Waals surface area contributed by atoms with Crippen LogP contribution in [-0.4, -0.2) is 74.9 Å². The van der Waals surface area contributed by atoms with Gasteiger partial charge in [0, 0.05) is 12.8 Å². The van der Waals surface area contributed by atoms with Crippen LogP contribution in [0.5, 0.6) is 0 Å². The summed E-state index contributed by atoms with van der Waals surface area (Å²) in [5, 5.41) is 0. The van der Waals surface area contributed by atoms with Gasteiger partial charge in [0.15, 0.2) is 6.10 Å². The lowest BCUT2D eigenvalue weighted by molar-refractivity contribution is -0.870. The van der Waals surface area contributed by atoms with Gasteiger partial charge in [0.2, 0.25) is 0 Å². The lowest BCUT2D eigenvalue weighted by Gasteiger charge is -2.24. The molecule has 2 unspecified atom stereocenters. The summed E-state index contributed by atoms with van der Waals surface area (Å²) in [4.78, 5) is 35.9. The fourth-order valence-corrected chi connectivity index (χ4v) is 11.8. The first-order valence-corrected chi connectivity index (χ1v) is 39.8. The molecule has 524 valence electrons. The van der Waals surface area contributed by atoms with Gasteiger partial charge in [-0.25, -0.2) is 4.57 Å². The van der Waals surface area contributed by atoms with E-state index >= 15 is 0 Å². The molecule has 0 aliphatic heterocycles. The van der Waals surface area contributed by atoms with Crippen LogP contribution in [0.25, 0.3) is 0 Å². The number of rotatable bonds is 71. The summed E-state index contributed by atoms with van der Waals surface area (Å²) in [6.07, 6.45) is 97.2. The Hall–Kier alpha value is -2.81. The molecule has 0 aromatic rings. The number of quaternary nitrogens is 1. The second-order valence-corrected chi connectivity index (χ2v) is 28.5. The van der Waals surface area contributed by atoms with Gasteiger partial charge in [0.25, 0.3) is 0 Å². The van der Waals surface area contributed by atoms with Crippen molar-refractivity contribution >= 4 is 19.8 Å². The molecule has 0 saturated carbocycles. The maximum absolute atomic E-state index is 12.9. The highest BCUT2D eigenvalue weighted by atomic mass is 31.2. The first-order valence-electron chi connectivity index (χ1n) is 38.3. The summed E-state index contributed by atoms with van der Waals surface area (Å²) in [5.74, 6) is -0.790. The minimum Gasteiger partial charge on any atom is -0.462 e. The summed E-state index contributed by atoms with van der Waals surface area (Å²) in [7, 11) is 1.48. The summed E-state index contributed by atoms with van der Waals surface area (Å²) in [5.41, 5.74) is 0. The van der Waals surface area contributed by atoms with E-state index in [9.17, 15) is 19.0 Å². The quantitative estimate of drug-likeness (QED) is 0.0211. The van der Waals surface area contributed by atoms with E-state index in [1.165, 1.54) is 244 Å². The van der Waals surface area contributed by atoms with Gasteiger partial charge < -0.3 is 18.9 Å². The van der Waals surface area contributed by atoms with Crippen LogP contribution >= 0.6 is 7.82 Å². The third kappa shape index (κ3) is 74.2.